The van der Waals surface area contributed by atoms with E-state index < -0.39 is 0 Å². The van der Waals surface area contributed by atoms with Crippen LogP contribution >= 0.6 is 0 Å². The van der Waals surface area contributed by atoms with Gasteiger partial charge in [-0.25, -0.2) is 4.79 Å². The van der Waals surface area contributed by atoms with Crippen LogP contribution in [0.1, 0.15) is 50.7 Å². The Bertz CT molecular complexity index is 460. The molecule has 0 radical (unpaired) electrons. The lowest BCUT2D eigenvalue weighted by molar-refractivity contribution is 0.160. The first-order chi connectivity index (χ1) is 10.2. The Morgan fingerprint density at radius 1 is 1.33 bits per heavy atom. The average Bonchev–Trinajstić information content (AvgIpc) is 2.71. The summed E-state index contributed by atoms with van der Waals surface area (Å²) in [5, 5.41) is 23.3. The Kier molecular flexibility index (Phi) is 5.98. The summed E-state index contributed by atoms with van der Waals surface area (Å²) in [5.41, 5.74) is 0. The van der Waals surface area contributed by atoms with Crippen molar-refractivity contribution in [3.05, 3.63) is 11.6 Å². The number of carbonyl (C=O) groups is 1. The zero-order valence-electron chi connectivity index (χ0n) is 12.6. The second-order valence-electron chi connectivity index (χ2n) is 5.45. The maximum absolute atomic E-state index is 11.7. The van der Waals surface area contributed by atoms with Crippen LogP contribution in [0.15, 0.2) is 0 Å². The third-order valence-electron chi connectivity index (χ3n) is 3.83. The van der Waals surface area contributed by atoms with E-state index in [2.05, 4.69) is 25.4 Å². The van der Waals surface area contributed by atoms with E-state index >= 15 is 0 Å². The summed E-state index contributed by atoms with van der Waals surface area (Å²) in [6.45, 7) is 3.71. The molecule has 0 fully saturated rings. The standard InChI is InChI=1S/C14H25N5O2/c1-2-11(20)7-8-15-14(21)16-10-13-18-17-12-6-4-3-5-9-19(12)13/h11,20H,2-10H2,1H3,(H2,15,16,21). The molecule has 2 heterocycles. The number of aliphatic hydroxyl groups excluding tert-OH is 1. The van der Waals surface area contributed by atoms with Crippen molar-refractivity contribution >= 4 is 6.03 Å². The highest BCUT2D eigenvalue weighted by molar-refractivity contribution is 5.73. The van der Waals surface area contributed by atoms with Gasteiger partial charge < -0.3 is 20.3 Å². The highest BCUT2D eigenvalue weighted by atomic mass is 16.3. The molecule has 0 spiro atoms. The first-order valence-electron chi connectivity index (χ1n) is 7.81. The van der Waals surface area contributed by atoms with Crippen molar-refractivity contribution in [2.24, 2.45) is 0 Å². The molecule has 1 aliphatic rings. The van der Waals surface area contributed by atoms with Crippen LogP contribution in [-0.4, -0.2) is 38.6 Å². The Morgan fingerprint density at radius 2 is 2.19 bits per heavy atom. The van der Waals surface area contributed by atoms with Gasteiger partial charge in [0.25, 0.3) is 0 Å². The van der Waals surface area contributed by atoms with Crippen molar-refractivity contribution in [2.75, 3.05) is 6.54 Å². The van der Waals surface area contributed by atoms with Gasteiger partial charge in [-0.2, -0.15) is 0 Å². The summed E-state index contributed by atoms with van der Waals surface area (Å²) < 4.78 is 2.12. The second-order valence-corrected chi connectivity index (χ2v) is 5.45. The quantitative estimate of drug-likeness (QED) is 0.729. The van der Waals surface area contributed by atoms with Crippen molar-refractivity contribution in [1.82, 2.24) is 25.4 Å². The van der Waals surface area contributed by atoms with Gasteiger partial charge in [-0.05, 0) is 25.7 Å². The Balaban J connectivity index is 1.75. The number of nitrogens with one attached hydrogen (secondary N) is 2. The van der Waals surface area contributed by atoms with Crippen LogP contribution in [0.4, 0.5) is 4.79 Å². The Morgan fingerprint density at radius 3 is 3.00 bits per heavy atom. The number of aromatic nitrogens is 3. The van der Waals surface area contributed by atoms with Gasteiger partial charge in [0, 0.05) is 19.5 Å². The molecule has 1 unspecified atom stereocenters. The van der Waals surface area contributed by atoms with Gasteiger partial charge in [0.2, 0.25) is 0 Å². The van der Waals surface area contributed by atoms with E-state index in [-0.39, 0.29) is 12.1 Å². The average molecular weight is 295 g/mol. The van der Waals surface area contributed by atoms with Gasteiger partial charge in [0.1, 0.15) is 5.82 Å². The van der Waals surface area contributed by atoms with Crippen molar-refractivity contribution in [3.8, 4) is 0 Å². The molecule has 0 saturated carbocycles. The minimum absolute atomic E-state index is 0.232. The molecule has 1 aliphatic heterocycles. The maximum atomic E-state index is 11.7. The lowest BCUT2D eigenvalue weighted by Gasteiger charge is -2.11. The summed E-state index contributed by atoms with van der Waals surface area (Å²) >= 11 is 0. The van der Waals surface area contributed by atoms with E-state index in [9.17, 15) is 9.90 Å². The van der Waals surface area contributed by atoms with Crippen LogP contribution in [-0.2, 0) is 19.5 Å². The highest BCUT2D eigenvalue weighted by Gasteiger charge is 2.14. The third kappa shape index (κ3) is 4.70. The lowest BCUT2D eigenvalue weighted by atomic mass is 10.2. The Hall–Kier alpha value is -1.63. The zero-order chi connectivity index (χ0) is 15.1. The monoisotopic (exact) mass is 295 g/mol. The first kappa shape index (κ1) is 15.8. The van der Waals surface area contributed by atoms with Crippen molar-refractivity contribution in [3.63, 3.8) is 0 Å². The van der Waals surface area contributed by atoms with E-state index in [1.54, 1.807) is 0 Å². The number of hydrogen-bond donors (Lipinski definition) is 3. The molecule has 2 amide bonds. The summed E-state index contributed by atoms with van der Waals surface area (Å²) in [6, 6.07) is -0.232. The molecule has 1 aromatic heterocycles. The smallest absolute Gasteiger partial charge is 0.315 e. The zero-order valence-corrected chi connectivity index (χ0v) is 12.6. The fourth-order valence-corrected chi connectivity index (χ4v) is 2.45. The van der Waals surface area contributed by atoms with Gasteiger partial charge in [0.15, 0.2) is 5.82 Å². The first-order valence-corrected chi connectivity index (χ1v) is 7.81. The molecular weight excluding hydrogens is 270 g/mol. The number of nitrogens with zero attached hydrogens (tertiary/aromatic N) is 3. The van der Waals surface area contributed by atoms with Crippen LogP contribution in [0.3, 0.4) is 0 Å². The van der Waals surface area contributed by atoms with E-state index in [1.165, 1.54) is 6.42 Å². The number of hydrogen-bond acceptors (Lipinski definition) is 4. The van der Waals surface area contributed by atoms with E-state index in [1.807, 2.05) is 6.92 Å². The number of fused-ring (bicyclic) bond motifs is 1. The summed E-state index contributed by atoms with van der Waals surface area (Å²) in [6.07, 6.45) is 5.41. The van der Waals surface area contributed by atoms with Crippen molar-refractivity contribution in [2.45, 2.75) is 64.6 Å². The molecule has 1 atom stereocenters. The molecule has 2 rings (SSSR count). The van der Waals surface area contributed by atoms with Crippen LogP contribution in [0, 0.1) is 0 Å². The minimum atomic E-state index is -0.349. The third-order valence-corrected chi connectivity index (χ3v) is 3.83. The predicted octanol–water partition coefficient (Wildman–Crippen LogP) is 0.965. The van der Waals surface area contributed by atoms with E-state index in [4.69, 9.17) is 0 Å². The van der Waals surface area contributed by atoms with Crippen LogP contribution in [0.5, 0.6) is 0 Å². The summed E-state index contributed by atoms with van der Waals surface area (Å²) in [4.78, 5) is 11.7. The molecule has 118 valence electrons. The summed E-state index contributed by atoms with van der Waals surface area (Å²) in [7, 11) is 0. The Labute approximate surface area is 125 Å². The molecule has 1 aromatic rings. The molecule has 7 heteroatoms. The fraction of sp³-hybridized carbons (Fsp3) is 0.786. The second kappa shape index (κ2) is 7.97. The molecule has 0 bridgehead atoms. The van der Waals surface area contributed by atoms with Gasteiger partial charge in [-0.1, -0.05) is 13.3 Å². The van der Waals surface area contributed by atoms with Crippen LogP contribution in [0.2, 0.25) is 0 Å². The van der Waals surface area contributed by atoms with E-state index in [0.717, 1.165) is 37.5 Å². The molecule has 3 N–H and O–H groups in total. The molecule has 0 aromatic carbocycles. The molecular formula is C14H25N5O2. The van der Waals surface area contributed by atoms with Crippen molar-refractivity contribution in [1.29, 1.82) is 0 Å². The highest BCUT2D eigenvalue weighted by Crippen LogP contribution is 2.14. The fourth-order valence-electron chi connectivity index (χ4n) is 2.45. The number of amides is 2. The molecule has 21 heavy (non-hydrogen) atoms. The number of aryl methyl sites for hydroxylation is 1. The van der Waals surface area contributed by atoms with E-state index in [0.29, 0.717) is 25.9 Å². The van der Waals surface area contributed by atoms with Crippen LogP contribution in [0.25, 0.3) is 0 Å². The molecule has 7 nitrogen and oxygen atoms in total. The molecule has 0 aliphatic carbocycles. The van der Waals surface area contributed by atoms with Gasteiger partial charge in [0.05, 0.1) is 12.6 Å². The predicted molar refractivity (Wildman–Crippen MR) is 78.7 cm³/mol. The van der Waals surface area contributed by atoms with Crippen molar-refractivity contribution < 1.29 is 9.90 Å². The topological polar surface area (TPSA) is 92.1 Å². The van der Waals surface area contributed by atoms with Crippen LogP contribution < -0.4 is 10.6 Å². The summed E-state index contributed by atoms with van der Waals surface area (Å²) in [5.74, 6) is 1.84. The number of urea groups is 1. The number of carbonyl (C=O) groups excluding carboxylic acids is 1. The maximum Gasteiger partial charge on any atom is 0.315 e. The SMILES string of the molecule is CCC(O)CCNC(=O)NCc1nnc2n1CCCCC2. The normalized spacial score (nSPS) is 15.9. The largest absolute Gasteiger partial charge is 0.393 e. The number of aliphatic hydroxyl groups is 1. The van der Waals surface area contributed by atoms with Gasteiger partial charge >= 0.3 is 6.03 Å². The number of rotatable bonds is 6. The van der Waals surface area contributed by atoms with Gasteiger partial charge in [-0.15, -0.1) is 10.2 Å². The molecule has 0 saturated heterocycles. The lowest BCUT2D eigenvalue weighted by Crippen LogP contribution is -2.37. The minimum Gasteiger partial charge on any atom is -0.393 e. The van der Waals surface area contributed by atoms with Gasteiger partial charge in [-0.3, -0.25) is 0 Å².